The van der Waals surface area contributed by atoms with E-state index in [2.05, 4.69) is 5.43 Å². The van der Waals surface area contributed by atoms with Gasteiger partial charge < -0.3 is 0 Å². The number of hydrazine groups is 1. The summed E-state index contributed by atoms with van der Waals surface area (Å²) in [7, 11) is 0. The third-order valence-electron chi connectivity index (χ3n) is 2.88. The van der Waals surface area contributed by atoms with Gasteiger partial charge in [0.2, 0.25) is 0 Å². The van der Waals surface area contributed by atoms with Crippen LogP contribution in [0.4, 0.5) is 8.78 Å². The highest BCUT2D eigenvalue weighted by molar-refractivity contribution is 5.20. The van der Waals surface area contributed by atoms with E-state index in [1.165, 1.54) is 6.07 Å². The van der Waals surface area contributed by atoms with Gasteiger partial charge in [-0.05, 0) is 36.8 Å². The van der Waals surface area contributed by atoms with Crippen LogP contribution in [0.3, 0.4) is 0 Å². The highest BCUT2D eigenvalue weighted by Gasteiger charge is 2.31. The van der Waals surface area contributed by atoms with Gasteiger partial charge in [0.25, 0.3) is 0 Å². The first kappa shape index (κ1) is 10.5. The Kier molecular flexibility index (Phi) is 2.98. The van der Waals surface area contributed by atoms with E-state index in [1.807, 2.05) is 0 Å². The third-order valence-corrected chi connectivity index (χ3v) is 2.88. The van der Waals surface area contributed by atoms with E-state index >= 15 is 0 Å². The highest BCUT2D eigenvalue weighted by atomic mass is 19.2. The number of nitrogens with two attached hydrogens (primary N) is 1. The molecule has 1 aromatic carbocycles. The molecule has 0 spiro atoms. The molecule has 2 nitrogen and oxygen atoms in total. The molecule has 1 aliphatic rings. The molecule has 2 rings (SSSR count). The van der Waals surface area contributed by atoms with Crippen LogP contribution in [0.5, 0.6) is 0 Å². The number of rotatable bonds is 4. The Labute approximate surface area is 87.4 Å². The Morgan fingerprint density at radius 1 is 1.40 bits per heavy atom. The van der Waals surface area contributed by atoms with Crippen molar-refractivity contribution >= 4 is 0 Å². The Morgan fingerprint density at radius 2 is 2.13 bits per heavy atom. The fraction of sp³-hybridized carbons (Fsp3) is 0.455. The summed E-state index contributed by atoms with van der Waals surface area (Å²) < 4.78 is 26.3. The van der Waals surface area contributed by atoms with Crippen LogP contribution < -0.4 is 11.3 Å². The van der Waals surface area contributed by atoms with E-state index in [0.29, 0.717) is 17.9 Å². The summed E-state index contributed by atoms with van der Waals surface area (Å²) in [5.41, 5.74) is 3.06. The molecule has 0 amide bonds. The first-order valence-corrected chi connectivity index (χ1v) is 5.11. The molecule has 4 heteroatoms. The predicted molar refractivity (Wildman–Crippen MR) is 53.9 cm³/mol. The number of halogens is 2. The number of hydrogen-bond donors (Lipinski definition) is 2. The van der Waals surface area contributed by atoms with E-state index in [9.17, 15) is 8.78 Å². The van der Waals surface area contributed by atoms with Crippen molar-refractivity contribution in [3.05, 3.63) is 35.4 Å². The molecule has 0 heterocycles. The molecule has 82 valence electrons. The molecule has 0 aliphatic heterocycles. The van der Waals surface area contributed by atoms with Gasteiger partial charge in [-0.2, -0.15) is 0 Å². The summed E-state index contributed by atoms with van der Waals surface area (Å²) in [4.78, 5) is 0. The number of benzene rings is 1. The minimum atomic E-state index is -0.793. The third kappa shape index (κ3) is 2.33. The summed E-state index contributed by atoms with van der Waals surface area (Å²) in [6.07, 6.45) is 2.68. The van der Waals surface area contributed by atoms with Crippen molar-refractivity contribution in [3.63, 3.8) is 0 Å². The lowest BCUT2D eigenvalue weighted by molar-refractivity contribution is 0.448. The fourth-order valence-corrected chi connectivity index (χ4v) is 1.80. The monoisotopic (exact) mass is 212 g/mol. The highest BCUT2D eigenvalue weighted by Crippen LogP contribution is 2.34. The van der Waals surface area contributed by atoms with Crippen LogP contribution in [0, 0.1) is 17.6 Å². The van der Waals surface area contributed by atoms with Crippen LogP contribution in [0.25, 0.3) is 0 Å². The van der Waals surface area contributed by atoms with Crippen LogP contribution in [0.15, 0.2) is 18.2 Å². The second kappa shape index (κ2) is 4.24. The molecular weight excluding hydrogens is 198 g/mol. The van der Waals surface area contributed by atoms with E-state index in [1.54, 1.807) is 6.07 Å². The number of hydrogen-bond acceptors (Lipinski definition) is 2. The average molecular weight is 212 g/mol. The molecule has 0 aromatic heterocycles. The Hall–Kier alpha value is -1.00. The molecule has 1 unspecified atom stereocenters. The van der Waals surface area contributed by atoms with Gasteiger partial charge in [0, 0.05) is 6.04 Å². The van der Waals surface area contributed by atoms with Crippen molar-refractivity contribution in [2.75, 3.05) is 0 Å². The van der Waals surface area contributed by atoms with Gasteiger partial charge in [-0.25, -0.2) is 8.78 Å². The molecular formula is C11H14F2N2. The molecule has 1 atom stereocenters. The maximum absolute atomic E-state index is 13.3. The molecule has 15 heavy (non-hydrogen) atoms. The largest absolute Gasteiger partial charge is 0.271 e. The van der Waals surface area contributed by atoms with Crippen molar-refractivity contribution in [2.45, 2.75) is 25.3 Å². The summed E-state index contributed by atoms with van der Waals surface area (Å²) in [6, 6.07) is 4.31. The van der Waals surface area contributed by atoms with Gasteiger partial charge in [0.1, 0.15) is 0 Å². The SMILES string of the molecule is NNC(Cc1cccc(F)c1F)C1CC1. The topological polar surface area (TPSA) is 38.0 Å². The lowest BCUT2D eigenvalue weighted by Crippen LogP contribution is -2.38. The van der Waals surface area contributed by atoms with Gasteiger partial charge in [-0.3, -0.25) is 11.3 Å². The number of nitrogens with one attached hydrogen (secondary N) is 1. The average Bonchev–Trinajstić information content (AvgIpc) is 3.04. The van der Waals surface area contributed by atoms with Gasteiger partial charge >= 0.3 is 0 Å². The van der Waals surface area contributed by atoms with Crippen molar-refractivity contribution in [2.24, 2.45) is 11.8 Å². The van der Waals surface area contributed by atoms with Gasteiger partial charge in [-0.1, -0.05) is 12.1 Å². The lowest BCUT2D eigenvalue weighted by Gasteiger charge is -2.15. The first-order chi connectivity index (χ1) is 7.22. The Balaban J connectivity index is 2.11. The van der Waals surface area contributed by atoms with Crippen molar-refractivity contribution in [1.29, 1.82) is 0 Å². The normalized spacial score (nSPS) is 17.8. The van der Waals surface area contributed by atoms with Gasteiger partial charge in [0.05, 0.1) is 0 Å². The van der Waals surface area contributed by atoms with E-state index < -0.39 is 11.6 Å². The standard InChI is InChI=1S/C11H14F2N2/c12-9-3-1-2-8(11(9)13)6-10(15-14)7-4-5-7/h1-3,7,10,15H,4-6,14H2. The maximum Gasteiger partial charge on any atom is 0.162 e. The Bertz CT molecular complexity index is 350. The summed E-state index contributed by atoms with van der Waals surface area (Å²) in [5.74, 6) is 4.35. The quantitative estimate of drug-likeness (QED) is 0.589. The summed E-state index contributed by atoms with van der Waals surface area (Å²) in [5, 5.41) is 0. The molecule has 3 N–H and O–H groups in total. The van der Waals surface area contributed by atoms with E-state index in [-0.39, 0.29) is 6.04 Å². The summed E-state index contributed by atoms with van der Waals surface area (Å²) >= 11 is 0. The van der Waals surface area contributed by atoms with E-state index in [4.69, 9.17) is 5.84 Å². The van der Waals surface area contributed by atoms with Crippen LogP contribution >= 0.6 is 0 Å². The maximum atomic E-state index is 13.3. The lowest BCUT2D eigenvalue weighted by atomic mass is 10.0. The minimum Gasteiger partial charge on any atom is -0.271 e. The molecule has 0 bridgehead atoms. The summed E-state index contributed by atoms with van der Waals surface area (Å²) in [6.45, 7) is 0. The molecule has 1 saturated carbocycles. The Morgan fingerprint density at radius 3 is 2.73 bits per heavy atom. The molecule has 0 radical (unpaired) electrons. The van der Waals surface area contributed by atoms with Crippen LogP contribution in [-0.2, 0) is 6.42 Å². The van der Waals surface area contributed by atoms with Gasteiger partial charge in [0.15, 0.2) is 11.6 Å². The van der Waals surface area contributed by atoms with Crippen molar-refractivity contribution in [1.82, 2.24) is 5.43 Å². The molecule has 1 fully saturated rings. The smallest absolute Gasteiger partial charge is 0.162 e. The molecule has 0 saturated heterocycles. The van der Waals surface area contributed by atoms with Crippen molar-refractivity contribution < 1.29 is 8.78 Å². The van der Waals surface area contributed by atoms with Crippen LogP contribution in [0.1, 0.15) is 18.4 Å². The zero-order valence-corrected chi connectivity index (χ0v) is 8.34. The van der Waals surface area contributed by atoms with Crippen LogP contribution in [0.2, 0.25) is 0 Å². The van der Waals surface area contributed by atoms with Crippen LogP contribution in [-0.4, -0.2) is 6.04 Å². The zero-order valence-electron chi connectivity index (χ0n) is 8.34. The minimum absolute atomic E-state index is 0.0568. The van der Waals surface area contributed by atoms with Gasteiger partial charge in [-0.15, -0.1) is 0 Å². The molecule has 1 aliphatic carbocycles. The first-order valence-electron chi connectivity index (χ1n) is 5.11. The molecule has 1 aromatic rings. The fourth-order valence-electron chi connectivity index (χ4n) is 1.80. The second-order valence-corrected chi connectivity index (χ2v) is 4.03. The predicted octanol–water partition coefficient (Wildman–Crippen LogP) is 1.75. The van der Waals surface area contributed by atoms with Crippen molar-refractivity contribution in [3.8, 4) is 0 Å². The zero-order chi connectivity index (χ0) is 10.8. The van der Waals surface area contributed by atoms with E-state index in [0.717, 1.165) is 18.9 Å². The second-order valence-electron chi connectivity index (χ2n) is 4.03.